The highest BCUT2D eigenvalue weighted by atomic mass is 16.2. The lowest BCUT2D eigenvalue weighted by atomic mass is 10.1. The quantitative estimate of drug-likeness (QED) is 0.754. The molecule has 0 aromatic carbocycles. The number of likely N-dealkylation sites (N-methyl/N-ethyl adjacent to an activating group) is 1. The molecule has 0 radical (unpaired) electrons. The number of nitrogens with zero attached hydrogens (tertiary/aromatic N) is 2. The molecule has 1 heterocycles. The Morgan fingerprint density at radius 3 is 2.75 bits per heavy atom. The van der Waals surface area contributed by atoms with Crippen molar-refractivity contribution in [3.05, 3.63) is 0 Å². The van der Waals surface area contributed by atoms with E-state index in [1.807, 2.05) is 4.90 Å². The molecule has 1 aliphatic heterocycles. The van der Waals surface area contributed by atoms with Gasteiger partial charge in [0.15, 0.2) is 0 Å². The first-order valence-corrected chi connectivity index (χ1v) is 6.48. The molecule has 92 valence electrons. The Morgan fingerprint density at radius 2 is 2.19 bits per heavy atom. The minimum absolute atomic E-state index is 0.262. The molecular formula is C12H23N3O. The minimum atomic E-state index is 0.262. The molecule has 2 N–H and O–H groups in total. The van der Waals surface area contributed by atoms with Crippen LogP contribution in [0.3, 0.4) is 0 Å². The van der Waals surface area contributed by atoms with Crippen molar-refractivity contribution in [3.63, 3.8) is 0 Å². The average molecular weight is 225 g/mol. The van der Waals surface area contributed by atoms with Crippen molar-refractivity contribution in [3.8, 4) is 0 Å². The van der Waals surface area contributed by atoms with Gasteiger partial charge in [-0.1, -0.05) is 0 Å². The Bertz CT molecular complexity index is 253. The van der Waals surface area contributed by atoms with Crippen molar-refractivity contribution in [1.82, 2.24) is 9.80 Å². The molecule has 1 unspecified atom stereocenters. The summed E-state index contributed by atoms with van der Waals surface area (Å²) in [7, 11) is 0. The predicted molar refractivity (Wildman–Crippen MR) is 64.1 cm³/mol. The van der Waals surface area contributed by atoms with E-state index in [0.717, 1.165) is 32.5 Å². The topological polar surface area (TPSA) is 49.6 Å². The Labute approximate surface area is 97.8 Å². The van der Waals surface area contributed by atoms with E-state index in [2.05, 4.69) is 11.8 Å². The summed E-state index contributed by atoms with van der Waals surface area (Å²) in [4.78, 5) is 16.3. The number of nitrogens with two attached hydrogens (primary N) is 1. The summed E-state index contributed by atoms with van der Waals surface area (Å²) in [5.41, 5.74) is 5.92. The summed E-state index contributed by atoms with van der Waals surface area (Å²) in [5.74, 6) is 0.291. The third-order valence-electron chi connectivity index (χ3n) is 3.55. The first kappa shape index (κ1) is 11.9. The van der Waals surface area contributed by atoms with E-state index >= 15 is 0 Å². The molecular weight excluding hydrogens is 202 g/mol. The smallest absolute Gasteiger partial charge is 0.236 e. The third-order valence-corrected chi connectivity index (χ3v) is 3.55. The van der Waals surface area contributed by atoms with Crippen LogP contribution >= 0.6 is 0 Å². The zero-order valence-corrected chi connectivity index (χ0v) is 10.2. The highest BCUT2D eigenvalue weighted by molar-refractivity contribution is 5.78. The summed E-state index contributed by atoms with van der Waals surface area (Å²) in [6, 6.07) is 0.800. The maximum absolute atomic E-state index is 12.1. The van der Waals surface area contributed by atoms with Gasteiger partial charge in [-0.25, -0.2) is 0 Å². The average Bonchev–Trinajstić information content (AvgIpc) is 3.03. The molecule has 0 spiro atoms. The fraction of sp³-hybridized carbons (Fsp3) is 0.917. The van der Waals surface area contributed by atoms with Crippen molar-refractivity contribution in [2.45, 2.75) is 44.7 Å². The molecule has 0 aromatic rings. The number of rotatable bonds is 4. The summed E-state index contributed by atoms with van der Waals surface area (Å²) < 4.78 is 0. The Balaban J connectivity index is 1.80. The number of likely N-dealkylation sites (tertiary alicyclic amines) is 1. The van der Waals surface area contributed by atoms with Crippen molar-refractivity contribution >= 4 is 5.91 Å². The van der Waals surface area contributed by atoms with Crippen LogP contribution in [-0.2, 0) is 4.79 Å². The lowest BCUT2D eigenvalue weighted by molar-refractivity contribution is -0.133. The van der Waals surface area contributed by atoms with E-state index in [4.69, 9.17) is 5.73 Å². The molecule has 0 bridgehead atoms. The highest BCUT2D eigenvalue weighted by Crippen LogP contribution is 2.26. The lowest BCUT2D eigenvalue weighted by Gasteiger charge is -2.32. The maximum Gasteiger partial charge on any atom is 0.236 e. The van der Waals surface area contributed by atoms with Gasteiger partial charge in [-0.05, 0) is 39.2 Å². The van der Waals surface area contributed by atoms with E-state index in [-0.39, 0.29) is 6.04 Å². The normalized spacial score (nSPS) is 26.8. The van der Waals surface area contributed by atoms with E-state index in [1.165, 1.54) is 12.8 Å². The highest BCUT2D eigenvalue weighted by Gasteiger charge is 2.32. The fourth-order valence-electron chi connectivity index (χ4n) is 2.54. The van der Waals surface area contributed by atoms with E-state index in [1.54, 1.807) is 0 Å². The summed E-state index contributed by atoms with van der Waals surface area (Å²) in [5, 5.41) is 0. The maximum atomic E-state index is 12.1. The number of carbonyl (C=O) groups is 1. The molecule has 1 aliphatic carbocycles. The molecule has 4 heteroatoms. The molecule has 1 atom stereocenters. The van der Waals surface area contributed by atoms with Crippen LogP contribution in [0.15, 0.2) is 0 Å². The van der Waals surface area contributed by atoms with Crippen LogP contribution in [0, 0.1) is 0 Å². The van der Waals surface area contributed by atoms with E-state index < -0.39 is 0 Å². The van der Waals surface area contributed by atoms with Crippen molar-refractivity contribution < 1.29 is 4.79 Å². The number of hydrogen-bond donors (Lipinski definition) is 1. The number of carbonyl (C=O) groups excluding carboxylic acids is 1. The molecule has 4 nitrogen and oxygen atoms in total. The summed E-state index contributed by atoms with van der Waals surface area (Å²) >= 11 is 0. The van der Waals surface area contributed by atoms with Crippen LogP contribution in [0.1, 0.15) is 32.6 Å². The van der Waals surface area contributed by atoms with Gasteiger partial charge in [0, 0.05) is 25.2 Å². The molecule has 0 aromatic heterocycles. The molecule has 1 amide bonds. The fourth-order valence-corrected chi connectivity index (χ4v) is 2.54. The molecule has 2 aliphatic rings. The monoisotopic (exact) mass is 225 g/mol. The zero-order chi connectivity index (χ0) is 11.5. The minimum Gasteiger partial charge on any atom is -0.339 e. The van der Waals surface area contributed by atoms with Gasteiger partial charge in [-0.3, -0.25) is 9.69 Å². The van der Waals surface area contributed by atoms with Crippen LogP contribution < -0.4 is 5.73 Å². The van der Waals surface area contributed by atoms with E-state index in [0.29, 0.717) is 18.5 Å². The van der Waals surface area contributed by atoms with Gasteiger partial charge < -0.3 is 10.6 Å². The van der Waals surface area contributed by atoms with Gasteiger partial charge in [-0.15, -0.1) is 0 Å². The van der Waals surface area contributed by atoms with Gasteiger partial charge in [0.05, 0.1) is 6.54 Å². The van der Waals surface area contributed by atoms with Crippen LogP contribution in [0.2, 0.25) is 0 Å². The first-order valence-electron chi connectivity index (χ1n) is 6.48. The van der Waals surface area contributed by atoms with Gasteiger partial charge in [0.1, 0.15) is 0 Å². The van der Waals surface area contributed by atoms with Crippen molar-refractivity contribution in [2.75, 3.05) is 26.2 Å². The third kappa shape index (κ3) is 2.95. The first-order chi connectivity index (χ1) is 7.70. The van der Waals surface area contributed by atoms with Gasteiger partial charge in [-0.2, -0.15) is 0 Å². The largest absolute Gasteiger partial charge is 0.339 e. The summed E-state index contributed by atoms with van der Waals surface area (Å²) in [6.45, 7) is 5.40. The number of hydrogen-bond acceptors (Lipinski definition) is 3. The Kier molecular flexibility index (Phi) is 3.82. The lowest BCUT2D eigenvalue weighted by Crippen LogP contribution is -2.48. The Hall–Kier alpha value is -0.610. The molecule has 2 fully saturated rings. The molecule has 1 saturated carbocycles. The molecule has 1 saturated heterocycles. The van der Waals surface area contributed by atoms with Crippen molar-refractivity contribution in [1.29, 1.82) is 0 Å². The van der Waals surface area contributed by atoms with E-state index in [9.17, 15) is 4.79 Å². The van der Waals surface area contributed by atoms with Crippen LogP contribution in [0.5, 0.6) is 0 Å². The standard InChI is InChI=1S/C12H23N3O/c1-2-15(11-5-6-11)12(16)9-14-7-3-4-10(13)8-14/h10-11H,2-9,13H2,1H3. The predicted octanol–water partition coefficient (Wildman–Crippen LogP) is 0.420. The SMILES string of the molecule is CCN(C(=O)CN1CCCC(N)C1)C1CC1. The Morgan fingerprint density at radius 1 is 1.44 bits per heavy atom. The van der Waals surface area contributed by atoms with Crippen LogP contribution in [-0.4, -0.2) is 54.0 Å². The van der Waals surface area contributed by atoms with Gasteiger partial charge >= 0.3 is 0 Å². The second kappa shape index (κ2) is 5.15. The number of piperidine rings is 1. The second-order valence-electron chi connectivity index (χ2n) is 5.05. The summed E-state index contributed by atoms with van der Waals surface area (Å²) in [6.07, 6.45) is 4.62. The van der Waals surface area contributed by atoms with Crippen LogP contribution in [0.4, 0.5) is 0 Å². The van der Waals surface area contributed by atoms with Gasteiger partial charge in [0.25, 0.3) is 0 Å². The molecule has 16 heavy (non-hydrogen) atoms. The van der Waals surface area contributed by atoms with Crippen molar-refractivity contribution in [2.24, 2.45) is 5.73 Å². The zero-order valence-electron chi connectivity index (χ0n) is 10.2. The number of amides is 1. The molecule has 2 rings (SSSR count). The van der Waals surface area contributed by atoms with Crippen LogP contribution in [0.25, 0.3) is 0 Å². The van der Waals surface area contributed by atoms with Gasteiger partial charge in [0.2, 0.25) is 5.91 Å². The second-order valence-corrected chi connectivity index (χ2v) is 5.05.